The second-order valence-corrected chi connectivity index (χ2v) is 11.3. The van der Waals surface area contributed by atoms with Crippen LogP contribution in [0.15, 0.2) is 60.1 Å². The minimum Gasteiger partial charge on any atom is -0.367 e. The number of amides is 3. The third-order valence-corrected chi connectivity index (χ3v) is 9.14. The van der Waals surface area contributed by atoms with E-state index >= 15 is 0 Å². The maximum Gasteiger partial charge on any atom is 0.321 e. The Morgan fingerprint density at radius 3 is 2.56 bits per heavy atom. The van der Waals surface area contributed by atoms with Crippen molar-refractivity contribution in [2.45, 2.75) is 38.0 Å². The predicted octanol–water partition coefficient (Wildman–Crippen LogP) is 3.65. The first-order valence-corrected chi connectivity index (χ1v) is 13.5. The van der Waals surface area contributed by atoms with Gasteiger partial charge in [-0.15, -0.1) is 0 Å². The summed E-state index contributed by atoms with van der Waals surface area (Å²) >= 11 is 0. The van der Waals surface area contributed by atoms with Gasteiger partial charge >= 0.3 is 6.03 Å². The van der Waals surface area contributed by atoms with Gasteiger partial charge in [0.25, 0.3) is 5.91 Å². The van der Waals surface area contributed by atoms with Crippen LogP contribution in [0.2, 0.25) is 0 Å². The standard InChI is InChI=1S/C29H37N5O2/c1-32-12-7-22(8-13-32)21-2-4-23(5-3-21)27(35)33-14-9-29(10-15-33)16-26(29)18-31-28(36)34-19-24-6-11-30-17-25(24)20-34/h2-6,11,17,19,22,26,30H,7-10,12-16,18,20H2,1H3,(H,31,36). The molecule has 2 N–H and O–H groups in total. The number of fused-ring (bicyclic) bond motifs is 1. The van der Waals surface area contributed by atoms with Crippen molar-refractivity contribution in [1.29, 1.82) is 0 Å². The molecule has 1 aromatic carbocycles. The lowest BCUT2D eigenvalue weighted by Crippen LogP contribution is -2.41. The molecule has 1 spiro atoms. The number of hydrogen-bond donors (Lipinski definition) is 2. The Bertz CT molecular complexity index is 1100. The largest absolute Gasteiger partial charge is 0.367 e. The topological polar surface area (TPSA) is 67.9 Å². The Hall–Kier alpha value is -3.06. The Labute approximate surface area is 213 Å². The van der Waals surface area contributed by atoms with E-state index in [9.17, 15) is 9.59 Å². The molecule has 1 unspecified atom stereocenters. The molecule has 0 radical (unpaired) electrons. The SMILES string of the molecule is CN1CCC(c2ccc(C(=O)N3CCC4(CC3)CC4CNC(=O)N3C=C4C=CNC=C4C3)cc2)CC1. The van der Waals surface area contributed by atoms with Crippen molar-refractivity contribution < 1.29 is 9.59 Å². The monoisotopic (exact) mass is 487 g/mol. The van der Waals surface area contributed by atoms with Crippen LogP contribution in [0.4, 0.5) is 4.79 Å². The van der Waals surface area contributed by atoms with Gasteiger partial charge in [-0.05, 0) is 104 Å². The number of likely N-dealkylation sites (tertiary alicyclic amines) is 2. The van der Waals surface area contributed by atoms with Gasteiger partial charge in [-0.2, -0.15) is 0 Å². The van der Waals surface area contributed by atoms with E-state index in [2.05, 4.69) is 34.7 Å². The average Bonchev–Trinajstić information content (AvgIpc) is 3.38. The van der Waals surface area contributed by atoms with Crippen LogP contribution in [-0.2, 0) is 0 Å². The summed E-state index contributed by atoms with van der Waals surface area (Å²) < 4.78 is 0. The molecule has 0 bridgehead atoms. The average molecular weight is 488 g/mol. The molecule has 4 aliphatic heterocycles. The second-order valence-electron chi connectivity index (χ2n) is 11.3. The Kier molecular flexibility index (Phi) is 6.12. The van der Waals surface area contributed by atoms with Crippen molar-refractivity contribution in [3.63, 3.8) is 0 Å². The van der Waals surface area contributed by atoms with Gasteiger partial charge in [-0.3, -0.25) is 9.69 Å². The molecule has 190 valence electrons. The second kappa shape index (κ2) is 9.43. The normalized spacial score (nSPS) is 25.2. The number of urea groups is 1. The summed E-state index contributed by atoms with van der Waals surface area (Å²) in [5.74, 6) is 1.29. The number of nitrogens with zero attached hydrogens (tertiary/aromatic N) is 3. The number of carbonyl (C=O) groups is 2. The summed E-state index contributed by atoms with van der Waals surface area (Å²) in [4.78, 5) is 32.0. The van der Waals surface area contributed by atoms with E-state index in [-0.39, 0.29) is 11.9 Å². The highest BCUT2D eigenvalue weighted by Gasteiger charge is 2.54. The molecule has 1 atom stereocenters. The molecule has 36 heavy (non-hydrogen) atoms. The summed E-state index contributed by atoms with van der Waals surface area (Å²) in [6.07, 6.45) is 13.4. The molecule has 4 heterocycles. The van der Waals surface area contributed by atoms with E-state index in [4.69, 9.17) is 0 Å². The zero-order valence-corrected chi connectivity index (χ0v) is 21.2. The summed E-state index contributed by atoms with van der Waals surface area (Å²) in [5.41, 5.74) is 4.72. The van der Waals surface area contributed by atoms with E-state index < -0.39 is 0 Å². The van der Waals surface area contributed by atoms with E-state index in [0.717, 1.165) is 68.7 Å². The van der Waals surface area contributed by atoms with Crippen molar-refractivity contribution in [2.75, 3.05) is 46.3 Å². The number of rotatable bonds is 4. The van der Waals surface area contributed by atoms with Gasteiger partial charge in [-0.25, -0.2) is 4.79 Å². The Morgan fingerprint density at radius 2 is 1.83 bits per heavy atom. The summed E-state index contributed by atoms with van der Waals surface area (Å²) in [6, 6.07) is 8.37. The first kappa shape index (κ1) is 23.3. The Balaban J connectivity index is 0.964. The van der Waals surface area contributed by atoms with Crippen molar-refractivity contribution in [3.05, 3.63) is 71.2 Å². The number of dihydropyridines is 1. The van der Waals surface area contributed by atoms with Gasteiger partial charge in [0.1, 0.15) is 0 Å². The molecule has 1 aromatic rings. The third-order valence-electron chi connectivity index (χ3n) is 9.14. The number of carbonyl (C=O) groups excluding carboxylic acids is 2. The van der Waals surface area contributed by atoms with Gasteiger partial charge in [0.2, 0.25) is 0 Å². The molecule has 6 rings (SSSR count). The molecule has 7 heteroatoms. The number of allylic oxidation sites excluding steroid dienone is 1. The maximum absolute atomic E-state index is 13.1. The summed E-state index contributed by atoms with van der Waals surface area (Å²) in [5, 5.41) is 6.23. The predicted molar refractivity (Wildman–Crippen MR) is 140 cm³/mol. The molecule has 3 fully saturated rings. The molecule has 1 saturated carbocycles. The van der Waals surface area contributed by atoms with Gasteiger partial charge in [0.05, 0.1) is 6.54 Å². The fraction of sp³-hybridized carbons (Fsp3) is 0.517. The lowest BCUT2D eigenvalue weighted by atomic mass is 9.88. The van der Waals surface area contributed by atoms with E-state index in [0.29, 0.717) is 23.8 Å². The summed E-state index contributed by atoms with van der Waals surface area (Å²) in [6.45, 7) is 5.25. The number of hydrogen-bond acceptors (Lipinski definition) is 4. The zero-order valence-electron chi connectivity index (χ0n) is 21.2. The third kappa shape index (κ3) is 4.57. The molecular formula is C29H37N5O2. The van der Waals surface area contributed by atoms with Crippen molar-refractivity contribution in [2.24, 2.45) is 11.3 Å². The lowest BCUT2D eigenvalue weighted by molar-refractivity contribution is 0.0669. The van der Waals surface area contributed by atoms with Crippen LogP contribution in [0, 0.1) is 11.3 Å². The first-order valence-electron chi connectivity index (χ1n) is 13.5. The molecule has 3 amide bonds. The van der Waals surface area contributed by atoms with Crippen molar-refractivity contribution in [3.8, 4) is 0 Å². The van der Waals surface area contributed by atoms with Crippen LogP contribution in [0.3, 0.4) is 0 Å². The van der Waals surface area contributed by atoms with Crippen LogP contribution >= 0.6 is 0 Å². The molecule has 5 aliphatic rings. The van der Waals surface area contributed by atoms with Crippen LogP contribution in [0.25, 0.3) is 0 Å². The van der Waals surface area contributed by atoms with Crippen LogP contribution in [0.1, 0.15) is 53.9 Å². The minimum atomic E-state index is -0.0236. The minimum absolute atomic E-state index is 0.0236. The molecule has 2 saturated heterocycles. The fourth-order valence-corrected chi connectivity index (χ4v) is 6.49. The number of piperidine rings is 2. The van der Waals surface area contributed by atoms with Crippen LogP contribution in [0.5, 0.6) is 0 Å². The van der Waals surface area contributed by atoms with E-state index in [1.807, 2.05) is 41.7 Å². The van der Waals surface area contributed by atoms with E-state index in [1.165, 1.54) is 18.4 Å². The Morgan fingerprint density at radius 1 is 1.08 bits per heavy atom. The zero-order chi connectivity index (χ0) is 24.7. The molecule has 1 aliphatic carbocycles. The van der Waals surface area contributed by atoms with Crippen LogP contribution in [-0.4, -0.2) is 73.0 Å². The van der Waals surface area contributed by atoms with Crippen molar-refractivity contribution >= 4 is 11.9 Å². The van der Waals surface area contributed by atoms with Gasteiger partial charge in [0.15, 0.2) is 0 Å². The quantitative estimate of drug-likeness (QED) is 0.681. The number of nitrogens with one attached hydrogen (secondary N) is 2. The summed E-state index contributed by atoms with van der Waals surface area (Å²) in [7, 11) is 2.19. The van der Waals surface area contributed by atoms with Crippen LogP contribution < -0.4 is 10.6 Å². The fourth-order valence-electron chi connectivity index (χ4n) is 6.49. The molecule has 0 aromatic heterocycles. The molecule has 7 nitrogen and oxygen atoms in total. The van der Waals surface area contributed by atoms with Gasteiger partial charge in [-0.1, -0.05) is 12.1 Å². The first-order chi connectivity index (χ1) is 17.5. The number of benzene rings is 1. The van der Waals surface area contributed by atoms with Gasteiger partial charge in [0, 0.05) is 43.8 Å². The maximum atomic E-state index is 13.1. The van der Waals surface area contributed by atoms with Gasteiger partial charge < -0.3 is 20.4 Å². The lowest BCUT2D eigenvalue weighted by Gasteiger charge is -2.33. The van der Waals surface area contributed by atoms with Crippen molar-refractivity contribution in [1.82, 2.24) is 25.3 Å². The highest BCUT2D eigenvalue weighted by Crippen LogP contribution is 2.59. The van der Waals surface area contributed by atoms with E-state index in [1.54, 1.807) is 4.90 Å². The smallest absolute Gasteiger partial charge is 0.321 e. The molecular weight excluding hydrogens is 450 g/mol. The highest BCUT2D eigenvalue weighted by atomic mass is 16.2. The highest BCUT2D eigenvalue weighted by molar-refractivity contribution is 5.94.